The number of rotatable bonds is 1. The van der Waals surface area contributed by atoms with Gasteiger partial charge >= 0.3 is 0 Å². The van der Waals surface area contributed by atoms with Crippen molar-refractivity contribution < 1.29 is 0 Å². The van der Waals surface area contributed by atoms with E-state index in [0.29, 0.717) is 12.1 Å². The van der Waals surface area contributed by atoms with Crippen molar-refractivity contribution in [3.05, 3.63) is 0 Å². The molecule has 1 aliphatic carbocycles. The Hall–Kier alpha value is -0.0800. The highest BCUT2D eigenvalue weighted by atomic mass is 14.7. The molecule has 0 aromatic rings. The molecular formula is C10H24N2. The SMILES string of the molecule is CC.CC(N)C1CCC(N)CC1. The molecule has 0 radical (unpaired) electrons. The minimum absolute atomic E-state index is 0.368. The molecular weight excluding hydrogens is 148 g/mol. The van der Waals surface area contributed by atoms with Gasteiger partial charge in [0, 0.05) is 12.1 Å². The summed E-state index contributed by atoms with van der Waals surface area (Å²) in [6, 6.07) is 0.822. The van der Waals surface area contributed by atoms with E-state index in [2.05, 4.69) is 6.92 Å². The van der Waals surface area contributed by atoms with E-state index in [1.165, 1.54) is 25.7 Å². The summed E-state index contributed by atoms with van der Waals surface area (Å²) in [5, 5.41) is 0. The van der Waals surface area contributed by atoms with Crippen LogP contribution >= 0.6 is 0 Å². The largest absolute Gasteiger partial charge is 0.328 e. The summed E-state index contributed by atoms with van der Waals surface area (Å²) in [7, 11) is 0. The first-order chi connectivity index (χ1) is 5.70. The van der Waals surface area contributed by atoms with Gasteiger partial charge in [0.05, 0.1) is 0 Å². The van der Waals surface area contributed by atoms with Crippen LogP contribution in [0.5, 0.6) is 0 Å². The van der Waals surface area contributed by atoms with E-state index in [-0.39, 0.29) is 0 Å². The molecule has 0 spiro atoms. The highest BCUT2D eigenvalue weighted by Gasteiger charge is 2.20. The molecule has 0 heterocycles. The number of hydrogen-bond donors (Lipinski definition) is 2. The first-order valence-corrected chi connectivity index (χ1v) is 5.21. The minimum atomic E-state index is 0.368. The zero-order valence-corrected chi connectivity index (χ0v) is 8.72. The molecule has 0 amide bonds. The second-order valence-corrected chi connectivity index (χ2v) is 3.53. The molecule has 1 fully saturated rings. The third-order valence-corrected chi connectivity index (χ3v) is 2.56. The maximum absolute atomic E-state index is 5.77. The van der Waals surface area contributed by atoms with Crippen LogP contribution in [0.2, 0.25) is 0 Å². The normalized spacial score (nSPS) is 31.8. The zero-order valence-electron chi connectivity index (χ0n) is 8.72. The van der Waals surface area contributed by atoms with Crippen molar-refractivity contribution in [2.45, 2.75) is 58.5 Å². The summed E-state index contributed by atoms with van der Waals surface area (Å²) < 4.78 is 0. The second kappa shape index (κ2) is 6.44. The van der Waals surface area contributed by atoms with Crippen molar-refractivity contribution >= 4 is 0 Å². The predicted octanol–water partition coefficient (Wildman–Crippen LogP) is 1.88. The van der Waals surface area contributed by atoms with E-state index >= 15 is 0 Å². The summed E-state index contributed by atoms with van der Waals surface area (Å²) in [5.41, 5.74) is 11.5. The summed E-state index contributed by atoms with van der Waals surface area (Å²) in [4.78, 5) is 0. The summed E-state index contributed by atoms with van der Waals surface area (Å²) >= 11 is 0. The van der Waals surface area contributed by atoms with Gasteiger partial charge in [0.15, 0.2) is 0 Å². The topological polar surface area (TPSA) is 52.0 Å². The minimum Gasteiger partial charge on any atom is -0.328 e. The Kier molecular flexibility index (Phi) is 6.39. The zero-order chi connectivity index (χ0) is 9.56. The van der Waals surface area contributed by atoms with Crippen LogP contribution in [0, 0.1) is 5.92 Å². The van der Waals surface area contributed by atoms with Crippen molar-refractivity contribution in [2.75, 3.05) is 0 Å². The highest BCUT2D eigenvalue weighted by molar-refractivity contribution is 4.78. The summed E-state index contributed by atoms with van der Waals surface area (Å²) in [5.74, 6) is 0.736. The molecule has 0 bridgehead atoms. The maximum Gasteiger partial charge on any atom is 0.00390 e. The van der Waals surface area contributed by atoms with E-state index in [4.69, 9.17) is 11.5 Å². The van der Waals surface area contributed by atoms with Gasteiger partial charge in [-0.1, -0.05) is 13.8 Å². The Bertz CT molecular complexity index is 94.0. The first kappa shape index (κ1) is 11.9. The Labute approximate surface area is 76.7 Å². The van der Waals surface area contributed by atoms with Gasteiger partial charge < -0.3 is 11.5 Å². The van der Waals surface area contributed by atoms with Gasteiger partial charge in [0.25, 0.3) is 0 Å². The predicted molar refractivity (Wildman–Crippen MR) is 54.9 cm³/mol. The second-order valence-electron chi connectivity index (χ2n) is 3.53. The average Bonchev–Trinajstić information content (AvgIpc) is 2.09. The molecule has 1 atom stereocenters. The molecule has 2 heteroatoms. The van der Waals surface area contributed by atoms with Crippen LogP contribution in [-0.4, -0.2) is 12.1 Å². The van der Waals surface area contributed by atoms with Crippen LogP contribution in [0.15, 0.2) is 0 Å². The molecule has 1 rings (SSSR count). The fourth-order valence-electron chi connectivity index (χ4n) is 1.67. The van der Waals surface area contributed by atoms with Gasteiger partial charge in [-0.05, 0) is 38.5 Å². The van der Waals surface area contributed by atoms with Crippen LogP contribution in [0.3, 0.4) is 0 Å². The summed E-state index contributed by atoms with van der Waals surface area (Å²) in [6.45, 7) is 6.10. The fraction of sp³-hybridized carbons (Fsp3) is 1.00. The van der Waals surface area contributed by atoms with Crippen LogP contribution in [-0.2, 0) is 0 Å². The smallest absolute Gasteiger partial charge is 0.00390 e. The lowest BCUT2D eigenvalue weighted by molar-refractivity contribution is 0.292. The van der Waals surface area contributed by atoms with E-state index in [9.17, 15) is 0 Å². The third kappa shape index (κ3) is 4.07. The lowest BCUT2D eigenvalue weighted by Crippen LogP contribution is -2.34. The number of hydrogen-bond acceptors (Lipinski definition) is 2. The van der Waals surface area contributed by atoms with Crippen LogP contribution in [0.25, 0.3) is 0 Å². The standard InChI is InChI=1S/C8H18N2.C2H6/c1-6(9)7-2-4-8(10)5-3-7;1-2/h6-8H,2-5,9-10H2,1H3;1-2H3. The van der Waals surface area contributed by atoms with Gasteiger partial charge in [-0.3, -0.25) is 0 Å². The third-order valence-electron chi connectivity index (χ3n) is 2.56. The van der Waals surface area contributed by atoms with Crippen molar-refractivity contribution in [3.8, 4) is 0 Å². The monoisotopic (exact) mass is 172 g/mol. The van der Waals surface area contributed by atoms with Gasteiger partial charge in [0.1, 0.15) is 0 Å². The van der Waals surface area contributed by atoms with E-state index in [1.54, 1.807) is 0 Å². The average molecular weight is 172 g/mol. The molecule has 1 unspecified atom stereocenters. The Balaban J connectivity index is 0.000000561. The van der Waals surface area contributed by atoms with E-state index in [0.717, 1.165) is 5.92 Å². The first-order valence-electron chi connectivity index (χ1n) is 5.21. The van der Waals surface area contributed by atoms with Crippen molar-refractivity contribution in [1.82, 2.24) is 0 Å². The number of nitrogens with two attached hydrogens (primary N) is 2. The lowest BCUT2D eigenvalue weighted by atomic mass is 9.83. The molecule has 0 aromatic heterocycles. The Morgan fingerprint density at radius 2 is 1.50 bits per heavy atom. The van der Waals surface area contributed by atoms with Crippen LogP contribution < -0.4 is 11.5 Å². The van der Waals surface area contributed by atoms with Crippen molar-refractivity contribution in [2.24, 2.45) is 17.4 Å². The van der Waals surface area contributed by atoms with E-state index < -0.39 is 0 Å². The van der Waals surface area contributed by atoms with Gasteiger partial charge in [0.2, 0.25) is 0 Å². The van der Waals surface area contributed by atoms with Crippen molar-refractivity contribution in [3.63, 3.8) is 0 Å². The van der Waals surface area contributed by atoms with Gasteiger partial charge in [-0.15, -0.1) is 0 Å². The molecule has 74 valence electrons. The molecule has 4 N–H and O–H groups in total. The molecule has 1 saturated carbocycles. The fourth-order valence-corrected chi connectivity index (χ4v) is 1.67. The maximum atomic E-state index is 5.77. The van der Waals surface area contributed by atoms with Crippen LogP contribution in [0.4, 0.5) is 0 Å². The molecule has 0 aliphatic heterocycles. The highest BCUT2D eigenvalue weighted by Crippen LogP contribution is 2.24. The Morgan fingerprint density at radius 3 is 1.83 bits per heavy atom. The molecule has 2 nitrogen and oxygen atoms in total. The van der Waals surface area contributed by atoms with Gasteiger partial charge in [-0.2, -0.15) is 0 Å². The Morgan fingerprint density at radius 1 is 1.08 bits per heavy atom. The quantitative estimate of drug-likeness (QED) is 0.634. The molecule has 12 heavy (non-hydrogen) atoms. The van der Waals surface area contributed by atoms with E-state index in [1.807, 2.05) is 13.8 Å². The molecule has 0 aromatic carbocycles. The molecule has 1 aliphatic rings. The summed E-state index contributed by atoms with van der Waals surface area (Å²) in [6.07, 6.45) is 4.82. The lowest BCUT2D eigenvalue weighted by Gasteiger charge is -2.28. The van der Waals surface area contributed by atoms with Gasteiger partial charge in [-0.25, -0.2) is 0 Å². The van der Waals surface area contributed by atoms with Crippen LogP contribution in [0.1, 0.15) is 46.5 Å². The molecule has 0 saturated heterocycles. The van der Waals surface area contributed by atoms with Crippen molar-refractivity contribution in [1.29, 1.82) is 0 Å².